The molecule has 0 aliphatic carbocycles. The summed E-state index contributed by atoms with van der Waals surface area (Å²) in [5.74, 6) is 0.845. The van der Waals surface area contributed by atoms with E-state index in [1.807, 2.05) is 30.3 Å². The van der Waals surface area contributed by atoms with Crippen molar-refractivity contribution in [2.75, 3.05) is 7.11 Å². The summed E-state index contributed by atoms with van der Waals surface area (Å²) in [6, 6.07) is 23.0. The van der Waals surface area contributed by atoms with Crippen molar-refractivity contribution >= 4 is 11.1 Å². The van der Waals surface area contributed by atoms with E-state index in [1.54, 1.807) is 7.11 Å². The Kier molecular flexibility index (Phi) is 4.90. The monoisotopic (exact) mass is 358 g/mol. The quantitative estimate of drug-likeness (QED) is 0.504. The molecule has 0 fully saturated rings. The zero-order chi connectivity index (χ0) is 18.6. The second-order valence-electron chi connectivity index (χ2n) is 6.58. The van der Waals surface area contributed by atoms with Gasteiger partial charge in [-0.1, -0.05) is 42.5 Å². The van der Waals surface area contributed by atoms with Crippen molar-refractivity contribution in [3.05, 3.63) is 84.3 Å². The van der Waals surface area contributed by atoms with Crippen LogP contribution in [-0.4, -0.2) is 12.1 Å². The van der Waals surface area contributed by atoms with Gasteiger partial charge in [-0.15, -0.1) is 0 Å². The molecule has 3 aromatic carbocycles. The first-order valence-corrected chi connectivity index (χ1v) is 9.03. The largest absolute Gasteiger partial charge is 0.496 e. The van der Waals surface area contributed by atoms with Gasteiger partial charge >= 0.3 is 0 Å². The minimum atomic E-state index is 0.281. The van der Waals surface area contributed by atoms with Crippen LogP contribution >= 0.6 is 0 Å². The van der Waals surface area contributed by atoms with E-state index < -0.39 is 0 Å². The van der Waals surface area contributed by atoms with Crippen molar-refractivity contribution < 1.29 is 9.15 Å². The van der Waals surface area contributed by atoms with Crippen LogP contribution in [0.15, 0.2) is 77.5 Å². The zero-order valence-electron chi connectivity index (χ0n) is 15.5. The molecule has 0 saturated carbocycles. The van der Waals surface area contributed by atoms with Gasteiger partial charge in [0.15, 0.2) is 12.0 Å². The molecule has 1 aromatic heterocycles. The van der Waals surface area contributed by atoms with Gasteiger partial charge < -0.3 is 14.5 Å². The lowest BCUT2D eigenvalue weighted by atomic mass is 10.0. The molecule has 1 N–H and O–H groups in total. The number of ether oxygens (including phenoxy) is 1. The summed E-state index contributed by atoms with van der Waals surface area (Å²) in [4.78, 5) is 4.26. The van der Waals surface area contributed by atoms with Gasteiger partial charge in [0, 0.05) is 18.2 Å². The Morgan fingerprint density at radius 1 is 1.04 bits per heavy atom. The highest BCUT2D eigenvalue weighted by atomic mass is 16.5. The summed E-state index contributed by atoms with van der Waals surface area (Å²) in [6.07, 6.45) is 1.47. The summed E-state index contributed by atoms with van der Waals surface area (Å²) >= 11 is 0. The standard InChI is InChI=1S/C23H22N2O2/c1-16(18-6-4-3-5-7-18)24-14-17-8-10-22(26-2)20(12-17)19-9-11-23-21(13-19)25-15-27-23/h3-13,15-16,24H,14H2,1-2H3/t16-/m1/s1. The third-order valence-corrected chi connectivity index (χ3v) is 4.82. The van der Waals surface area contributed by atoms with E-state index >= 15 is 0 Å². The Balaban J connectivity index is 1.59. The fourth-order valence-corrected chi connectivity index (χ4v) is 3.25. The van der Waals surface area contributed by atoms with E-state index in [4.69, 9.17) is 9.15 Å². The van der Waals surface area contributed by atoms with Crippen LogP contribution in [0.2, 0.25) is 0 Å². The number of oxazole rings is 1. The minimum absolute atomic E-state index is 0.281. The average Bonchev–Trinajstić information content (AvgIpc) is 3.20. The Bertz CT molecular complexity index is 1040. The van der Waals surface area contributed by atoms with Gasteiger partial charge in [-0.2, -0.15) is 0 Å². The van der Waals surface area contributed by atoms with E-state index in [9.17, 15) is 0 Å². The van der Waals surface area contributed by atoms with Crippen molar-refractivity contribution in [2.24, 2.45) is 0 Å². The first-order valence-electron chi connectivity index (χ1n) is 9.03. The summed E-state index contributed by atoms with van der Waals surface area (Å²) in [6.45, 7) is 2.96. The molecule has 0 radical (unpaired) electrons. The molecule has 4 rings (SSSR count). The van der Waals surface area contributed by atoms with Gasteiger partial charge in [0.05, 0.1) is 7.11 Å². The molecule has 4 aromatic rings. The van der Waals surface area contributed by atoms with Crippen molar-refractivity contribution in [3.8, 4) is 16.9 Å². The molecule has 0 unspecified atom stereocenters. The van der Waals surface area contributed by atoms with E-state index in [0.717, 1.165) is 34.5 Å². The molecule has 0 amide bonds. The first kappa shape index (κ1) is 17.3. The molecule has 0 aliphatic rings. The maximum absolute atomic E-state index is 5.58. The Morgan fingerprint density at radius 2 is 1.89 bits per heavy atom. The maximum atomic E-state index is 5.58. The predicted octanol–water partition coefficient (Wildman–Crippen LogP) is 5.35. The molecule has 27 heavy (non-hydrogen) atoms. The summed E-state index contributed by atoms with van der Waals surface area (Å²) in [5.41, 5.74) is 6.22. The van der Waals surface area contributed by atoms with Crippen LogP contribution in [0.25, 0.3) is 22.2 Å². The lowest BCUT2D eigenvalue weighted by molar-refractivity contribution is 0.416. The number of rotatable bonds is 6. The Hall–Kier alpha value is -3.11. The smallest absolute Gasteiger partial charge is 0.181 e. The van der Waals surface area contributed by atoms with Crippen molar-refractivity contribution in [1.29, 1.82) is 0 Å². The third-order valence-electron chi connectivity index (χ3n) is 4.82. The van der Waals surface area contributed by atoms with Gasteiger partial charge in [0.1, 0.15) is 11.3 Å². The summed E-state index contributed by atoms with van der Waals surface area (Å²) < 4.78 is 10.9. The van der Waals surface area contributed by atoms with E-state index in [0.29, 0.717) is 0 Å². The van der Waals surface area contributed by atoms with Crippen LogP contribution in [0.5, 0.6) is 5.75 Å². The zero-order valence-corrected chi connectivity index (χ0v) is 15.5. The van der Waals surface area contributed by atoms with Gasteiger partial charge in [0.25, 0.3) is 0 Å². The normalized spacial score (nSPS) is 12.2. The van der Waals surface area contributed by atoms with Crippen molar-refractivity contribution in [2.45, 2.75) is 19.5 Å². The minimum Gasteiger partial charge on any atom is -0.496 e. The third kappa shape index (κ3) is 3.71. The van der Waals surface area contributed by atoms with Crippen LogP contribution in [0.4, 0.5) is 0 Å². The topological polar surface area (TPSA) is 47.3 Å². The van der Waals surface area contributed by atoms with Crippen molar-refractivity contribution in [3.63, 3.8) is 0 Å². The molecule has 0 spiro atoms. The number of fused-ring (bicyclic) bond motifs is 1. The predicted molar refractivity (Wildman–Crippen MR) is 108 cm³/mol. The van der Waals surface area contributed by atoms with Crippen molar-refractivity contribution in [1.82, 2.24) is 10.3 Å². The molecule has 136 valence electrons. The number of aromatic nitrogens is 1. The van der Waals surface area contributed by atoms with Crippen LogP contribution in [0.3, 0.4) is 0 Å². The second kappa shape index (κ2) is 7.64. The van der Waals surface area contributed by atoms with E-state index in [-0.39, 0.29) is 6.04 Å². The fraction of sp³-hybridized carbons (Fsp3) is 0.174. The molecule has 4 heteroatoms. The molecule has 1 heterocycles. The van der Waals surface area contributed by atoms with E-state index in [2.05, 4.69) is 53.6 Å². The lowest BCUT2D eigenvalue weighted by Crippen LogP contribution is -2.18. The highest BCUT2D eigenvalue weighted by molar-refractivity contribution is 5.82. The molecule has 4 nitrogen and oxygen atoms in total. The summed E-state index contributed by atoms with van der Waals surface area (Å²) in [7, 11) is 1.70. The van der Waals surface area contributed by atoms with Crippen LogP contribution in [-0.2, 0) is 6.54 Å². The number of hydrogen-bond acceptors (Lipinski definition) is 4. The lowest BCUT2D eigenvalue weighted by Gasteiger charge is -2.16. The Labute approximate surface area is 158 Å². The molecule has 0 aliphatic heterocycles. The maximum Gasteiger partial charge on any atom is 0.181 e. The second-order valence-corrected chi connectivity index (χ2v) is 6.58. The molecule has 1 atom stereocenters. The Morgan fingerprint density at radius 3 is 2.70 bits per heavy atom. The number of hydrogen-bond donors (Lipinski definition) is 1. The number of methoxy groups -OCH3 is 1. The summed E-state index contributed by atoms with van der Waals surface area (Å²) in [5, 5.41) is 3.59. The van der Waals surface area contributed by atoms with Crippen LogP contribution < -0.4 is 10.1 Å². The average molecular weight is 358 g/mol. The first-order chi connectivity index (χ1) is 13.2. The van der Waals surface area contributed by atoms with E-state index in [1.165, 1.54) is 17.5 Å². The number of nitrogens with one attached hydrogen (secondary N) is 1. The molecule has 0 saturated heterocycles. The SMILES string of the molecule is COc1ccc(CN[C@H](C)c2ccccc2)cc1-c1ccc2ocnc2c1. The van der Waals surface area contributed by atoms with Gasteiger partial charge in [-0.05, 0) is 47.9 Å². The van der Waals surface area contributed by atoms with Crippen LogP contribution in [0, 0.1) is 0 Å². The number of benzene rings is 3. The van der Waals surface area contributed by atoms with Crippen LogP contribution in [0.1, 0.15) is 24.1 Å². The molecular formula is C23H22N2O2. The number of nitrogens with zero attached hydrogens (tertiary/aromatic N) is 1. The highest BCUT2D eigenvalue weighted by Crippen LogP contribution is 2.32. The van der Waals surface area contributed by atoms with Gasteiger partial charge in [-0.25, -0.2) is 4.98 Å². The van der Waals surface area contributed by atoms with Gasteiger partial charge in [0.2, 0.25) is 0 Å². The molecular weight excluding hydrogens is 336 g/mol. The molecule has 0 bridgehead atoms. The highest BCUT2D eigenvalue weighted by Gasteiger charge is 2.10. The van der Waals surface area contributed by atoms with Gasteiger partial charge in [-0.3, -0.25) is 0 Å². The fourth-order valence-electron chi connectivity index (χ4n) is 3.25.